The third-order valence-corrected chi connectivity index (χ3v) is 12.7. The van der Waals surface area contributed by atoms with Crippen LogP contribution in [0.2, 0.25) is 0 Å². The number of carbonyl (C=O) groups excluding carboxylic acids is 3. The Morgan fingerprint density at radius 3 is 1.18 bits per heavy atom. The Labute approximate surface area is 408 Å². The lowest BCUT2D eigenvalue weighted by Gasteiger charge is -2.34. The van der Waals surface area contributed by atoms with Crippen LogP contribution in [0.15, 0.2) is 36.5 Å². The second-order valence-corrected chi connectivity index (χ2v) is 20.2. The molecule has 0 aromatic heterocycles. The highest BCUT2D eigenvalue weighted by Crippen LogP contribution is 2.16. The Morgan fingerprint density at radius 1 is 0.455 bits per heavy atom. The highest BCUT2D eigenvalue weighted by atomic mass is 16.6. The van der Waals surface area contributed by atoms with Crippen molar-refractivity contribution in [1.29, 1.82) is 0 Å². The van der Waals surface area contributed by atoms with Gasteiger partial charge in [-0.2, -0.15) is 0 Å². The molecular weight excluding hydrogens is 823 g/mol. The maximum absolute atomic E-state index is 12.8. The molecule has 0 heterocycles. The number of rotatable bonds is 51. The number of hydrogen-bond donors (Lipinski definition) is 0. The second kappa shape index (κ2) is 49.0. The van der Waals surface area contributed by atoms with Crippen molar-refractivity contribution in [2.45, 2.75) is 276 Å². The second-order valence-electron chi connectivity index (χ2n) is 20.2. The van der Waals surface area contributed by atoms with E-state index in [9.17, 15) is 19.5 Å². The molecule has 0 rings (SSSR count). The number of unbranched alkanes of at least 4 members (excludes halogenated alkanes) is 31. The van der Waals surface area contributed by atoms with Gasteiger partial charge in [0.15, 0.2) is 6.10 Å². The van der Waals surface area contributed by atoms with Gasteiger partial charge < -0.3 is 28.6 Å². The molecule has 0 aliphatic heterocycles. The normalized spacial score (nSPS) is 13.0. The molecule has 0 spiro atoms. The maximum Gasteiger partial charge on any atom is 0.306 e. The van der Waals surface area contributed by atoms with Crippen LogP contribution < -0.4 is 5.11 Å². The van der Waals surface area contributed by atoms with Gasteiger partial charge in [0.05, 0.1) is 40.3 Å². The summed E-state index contributed by atoms with van der Waals surface area (Å²) in [6.07, 6.45) is 58.9. The maximum atomic E-state index is 12.8. The van der Waals surface area contributed by atoms with Crippen molar-refractivity contribution in [2.75, 3.05) is 41.0 Å². The van der Waals surface area contributed by atoms with E-state index in [2.05, 4.69) is 50.3 Å². The third-order valence-electron chi connectivity index (χ3n) is 12.7. The minimum atomic E-state index is -1.12. The number of allylic oxidation sites excluding steroid dienone is 6. The number of aliphatic carboxylic acids is 1. The van der Waals surface area contributed by atoms with Crippen molar-refractivity contribution in [3.63, 3.8) is 0 Å². The first-order valence-corrected chi connectivity index (χ1v) is 28.0. The summed E-state index contributed by atoms with van der Waals surface area (Å²) in [6, 6.07) is -0.726. The molecule has 0 aliphatic rings. The summed E-state index contributed by atoms with van der Waals surface area (Å²) in [5, 5.41) is 11.7. The lowest BCUT2D eigenvalue weighted by atomic mass is 10.0. The molecule has 0 fully saturated rings. The summed E-state index contributed by atoms with van der Waals surface area (Å²) >= 11 is 0. The van der Waals surface area contributed by atoms with E-state index < -0.39 is 18.1 Å². The average Bonchev–Trinajstić information content (AvgIpc) is 3.28. The highest BCUT2D eigenvalue weighted by molar-refractivity contribution is 5.70. The summed E-state index contributed by atoms with van der Waals surface area (Å²) in [7, 11) is 5.43. The summed E-state index contributed by atoms with van der Waals surface area (Å²) < 4.78 is 17.3. The molecule has 0 radical (unpaired) electrons. The van der Waals surface area contributed by atoms with Gasteiger partial charge in [-0.1, -0.05) is 211 Å². The van der Waals surface area contributed by atoms with Crippen molar-refractivity contribution in [1.82, 2.24) is 0 Å². The number of likely N-dealkylation sites (N-methyl/N-ethyl adjacent to an activating group) is 1. The van der Waals surface area contributed by atoms with Crippen LogP contribution in [0.25, 0.3) is 0 Å². The Hall–Kier alpha value is -2.45. The van der Waals surface area contributed by atoms with E-state index in [4.69, 9.17) is 14.2 Å². The van der Waals surface area contributed by atoms with Crippen molar-refractivity contribution >= 4 is 17.9 Å². The molecule has 2 atom stereocenters. The first-order chi connectivity index (χ1) is 32.1. The first-order valence-electron chi connectivity index (χ1n) is 28.0. The quantitative estimate of drug-likeness (QED) is 0.0259. The molecule has 0 aromatic carbocycles. The van der Waals surface area contributed by atoms with Crippen LogP contribution in [-0.4, -0.2) is 75.5 Å². The molecule has 0 amide bonds. The Balaban J connectivity index is 4.18. The molecule has 0 saturated carbocycles. The predicted molar refractivity (Wildman–Crippen MR) is 277 cm³/mol. The van der Waals surface area contributed by atoms with E-state index >= 15 is 0 Å². The molecule has 0 aromatic rings. The van der Waals surface area contributed by atoms with Gasteiger partial charge in [-0.25, -0.2) is 0 Å². The van der Waals surface area contributed by atoms with Crippen molar-refractivity contribution < 1.29 is 38.2 Å². The minimum absolute atomic E-state index is 0.0418. The van der Waals surface area contributed by atoms with Crippen LogP contribution >= 0.6 is 0 Å². The molecular formula is C58H107NO7. The number of carboxylic acid groups (broad SMARTS) is 1. The lowest BCUT2D eigenvalue weighted by Crippen LogP contribution is -2.55. The van der Waals surface area contributed by atoms with Crippen molar-refractivity contribution in [3.05, 3.63) is 36.5 Å². The molecule has 0 N–H and O–H groups in total. The van der Waals surface area contributed by atoms with Crippen LogP contribution in [0.1, 0.15) is 264 Å². The minimum Gasteiger partial charge on any atom is -0.544 e. The van der Waals surface area contributed by atoms with Gasteiger partial charge in [0, 0.05) is 19.3 Å². The molecule has 0 bridgehead atoms. The van der Waals surface area contributed by atoms with Gasteiger partial charge in [0.1, 0.15) is 12.6 Å². The lowest BCUT2D eigenvalue weighted by molar-refractivity contribution is -0.889. The molecule has 8 nitrogen and oxygen atoms in total. The van der Waals surface area contributed by atoms with Crippen LogP contribution in [0, 0.1) is 0 Å². The fourth-order valence-electron chi connectivity index (χ4n) is 8.39. The van der Waals surface area contributed by atoms with E-state index in [0.29, 0.717) is 12.8 Å². The average molecular weight is 930 g/mol. The fourth-order valence-corrected chi connectivity index (χ4v) is 8.39. The molecule has 2 unspecified atom stereocenters. The van der Waals surface area contributed by atoms with Crippen LogP contribution in [0.5, 0.6) is 0 Å². The third kappa shape index (κ3) is 46.7. The number of carboxylic acids is 1. The van der Waals surface area contributed by atoms with E-state index in [1.807, 2.05) is 21.1 Å². The number of ether oxygens (including phenoxy) is 3. The van der Waals surface area contributed by atoms with E-state index in [0.717, 1.165) is 44.9 Å². The summed E-state index contributed by atoms with van der Waals surface area (Å²) in [4.78, 5) is 37.1. The monoisotopic (exact) mass is 930 g/mol. The van der Waals surface area contributed by atoms with Crippen LogP contribution in [0.3, 0.4) is 0 Å². The molecule has 66 heavy (non-hydrogen) atoms. The van der Waals surface area contributed by atoms with Gasteiger partial charge >= 0.3 is 11.9 Å². The number of nitrogens with zero attached hydrogens (tertiary/aromatic N) is 1. The Kier molecular flexibility index (Phi) is 47.2. The van der Waals surface area contributed by atoms with Crippen molar-refractivity contribution in [2.24, 2.45) is 0 Å². The number of quaternary nitrogens is 1. The summed E-state index contributed by atoms with van der Waals surface area (Å²) in [5.74, 6) is -1.72. The fraction of sp³-hybridized carbons (Fsp3) is 0.845. The van der Waals surface area contributed by atoms with Gasteiger partial charge in [0.2, 0.25) is 0 Å². The van der Waals surface area contributed by atoms with Gasteiger partial charge in [-0.05, 0) is 70.6 Å². The van der Waals surface area contributed by atoms with Gasteiger partial charge in [-0.15, -0.1) is 0 Å². The number of hydrogen-bond acceptors (Lipinski definition) is 7. The van der Waals surface area contributed by atoms with E-state index in [-0.39, 0.29) is 42.7 Å². The largest absolute Gasteiger partial charge is 0.544 e. The SMILES string of the molecule is CCCCCCC/C=C\C/C=C\CCCCCCCCCCCCCC(=O)OC(COCCC(C(=O)[O-])[N+](C)(C)C)COC(=O)CCCCCCCCCCC/C=C\CCCCCCCC. The number of esters is 2. The smallest absolute Gasteiger partial charge is 0.306 e. The highest BCUT2D eigenvalue weighted by Gasteiger charge is 2.25. The Bertz CT molecular complexity index is 1170. The van der Waals surface area contributed by atoms with Crippen LogP contribution in [-0.2, 0) is 28.6 Å². The predicted octanol–water partition coefficient (Wildman–Crippen LogP) is 15.2. The van der Waals surface area contributed by atoms with E-state index in [1.165, 1.54) is 186 Å². The zero-order chi connectivity index (χ0) is 48.4. The van der Waals surface area contributed by atoms with Gasteiger partial charge in [0.25, 0.3) is 0 Å². The zero-order valence-electron chi connectivity index (χ0n) is 44.1. The topological polar surface area (TPSA) is 102 Å². The summed E-state index contributed by atoms with van der Waals surface area (Å²) in [5.41, 5.74) is 0. The first kappa shape index (κ1) is 63.5. The van der Waals surface area contributed by atoms with Gasteiger partial charge in [-0.3, -0.25) is 9.59 Å². The molecule has 8 heteroatoms. The standard InChI is InChI=1S/C58H107NO7/c1-6-8-10-12-14-16-18-20-22-24-26-27-28-29-31-33-35-37-39-41-43-45-47-49-57(61)66-54(52-64-51-50-55(58(62)63)59(3,4)5)53-65-56(60)48-46-44-42-40-38-36-34-32-30-25-23-21-19-17-15-13-11-9-7-2/h18,20-21,23-24,26,54-55H,6-17,19,22,25,27-53H2,1-5H3/b20-18-,23-21-,26-24-. The van der Waals surface area contributed by atoms with E-state index in [1.54, 1.807) is 0 Å². The van der Waals surface area contributed by atoms with Crippen molar-refractivity contribution in [3.8, 4) is 0 Å². The number of carbonyl (C=O) groups is 3. The Morgan fingerprint density at radius 2 is 0.803 bits per heavy atom. The molecule has 386 valence electrons. The summed E-state index contributed by atoms with van der Waals surface area (Å²) in [6.45, 7) is 4.68. The molecule has 0 aliphatic carbocycles. The molecule has 0 saturated heterocycles. The zero-order valence-corrected chi connectivity index (χ0v) is 44.1. The van der Waals surface area contributed by atoms with Crippen LogP contribution in [0.4, 0.5) is 0 Å².